The molecule has 0 radical (unpaired) electrons. The van der Waals surface area contributed by atoms with E-state index in [9.17, 15) is 48.1 Å². The average Bonchev–Trinajstić information content (AvgIpc) is 2.46. The molecule has 2 atom stereocenters. The largest absolute Gasteiger partial charge is 0.384 e. The van der Waals surface area contributed by atoms with Gasteiger partial charge in [0.25, 0.3) is 0 Å². The first-order valence-electron chi connectivity index (χ1n) is 35.9. The van der Waals surface area contributed by atoms with Gasteiger partial charge in [-0.1, -0.05) is 109 Å². The smallest absolute Gasteiger partial charge is 0.235 e. The fourth-order valence-corrected chi connectivity index (χ4v) is 19.9. The van der Waals surface area contributed by atoms with Gasteiger partial charge < -0.3 is 40.4 Å². The minimum absolute atomic E-state index is 0.00171. The van der Waals surface area contributed by atoms with Gasteiger partial charge in [-0.2, -0.15) is 0 Å². The fraction of sp³-hybridized carbons (Fsp3) is 0.397. The minimum atomic E-state index is -3.17. The molecule has 6 aromatic carbocycles. The fourth-order valence-electron chi connectivity index (χ4n) is 16.4. The number of H-pyrrole nitrogens is 4. The zero-order chi connectivity index (χ0) is 74.2. The van der Waals surface area contributed by atoms with Crippen LogP contribution in [0, 0.1) is 0 Å². The second-order valence-electron chi connectivity index (χ2n) is 29.2. The lowest BCUT2D eigenvalue weighted by atomic mass is 9.74. The standard InChI is InChI=1S/C14H16N2O.C13H16N2O3S.C13H18N2O2S.C13H16N2O2S.C13H14N2O.C12H14N2O2S/c1-10(17)16-7-6-11(9-16)13-8-15-14-5-3-2-4-12(13)14;1-19(17,18)15-8-6-13(7-9-15)10-4-2-3-5-11(10)14-12(13)16;1-18(16,17)15-8-6-13(7-9-15)10-14-12-5-3-2-4-11(12)13;1-18(16,17)15-7-6-10(9-15)12-8-14-13-5-3-2-4-11(12)13;1-9(16)15-7-10(8-15)12-6-14-13-5-3-2-4-11(12)13;1-17(15,16)14-7-9(8-14)11-6-13-12-5-3-2-4-10(11)12/h2-5,8,11,15H,6-7,9H2,1H3;2-5H,6-9H2,1H3,(H,14,16);2-5,14H,6-10H2,1H3;2-5,8,10,14H,6-7,9H2,1H3;2-6,10,14H,7-8H2,1H3;2-6,9,13H,7-8H2,1H3. The number of nitrogens with one attached hydrogen (secondary N) is 6. The zero-order valence-electron chi connectivity index (χ0n) is 60.2. The van der Waals surface area contributed by atoms with Crippen LogP contribution in [-0.4, -0.2) is 208 Å². The Balaban J connectivity index is 0.000000112. The van der Waals surface area contributed by atoms with Crippen molar-refractivity contribution in [1.29, 1.82) is 0 Å². The molecule has 6 N–H and O–H groups in total. The number of aromatic nitrogens is 4. The van der Waals surface area contributed by atoms with E-state index in [1.54, 1.807) is 22.5 Å². The highest BCUT2D eigenvalue weighted by Gasteiger charge is 2.49. The Labute approximate surface area is 615 Å². The molecule has 0 saturated carbocycles. The number of carbonyl (C=O) groups excluding carboxylic acids is 3. The van der Waals surface area contributed by atoms with Gasteiger partial charge in [0.05, 0.1) is 30.4 Å². The normalized spacial score (nSPS) is 20.4. The van der Waals surface area contributed by atoms with Gasteiger partial charge in [-0.3, -0.25) is 14.4 Å². The molecule has 105 heavy (non-hydrogen) atoms. The van der Waals surface area contributed by atoms with Gasteiger partial charge in [0.1, 0.15) is 0 Å². The van der Waals surface area contributed by atoms with Crippen molar-refractivity contribution >= 4 is 113 Å². The van der Waals surface area contributed by atoms with Crippen molar-refractivity contribution in [1.82, 2.24) is 47.0 Å². The van der Waals surface area contributed by atoms with Crippen LogP contribution >= 0.6 is 0 Å². The lowest BCUT2D eigenvalue weighted by Gasteiger charge is -2.38. The van der Waals surface area contributed by atoms with Crippen molar-refractivity contribution in [2.75, 3.05) is 121 Å². The van der Waals surface area contributed by atoms with Crippen LogP contribution < -0.4 is 10.6 Å². The molecule has 8 aliphatic heterocycles. The number of sulfonamides is 4. The summed E-state index contributed by atoms with van der Waals surface area (Å²) < 4.78 is 98.0. The number of rotatable bonds is 8. The summed E-state index contributed by atoms with van der Waals surface area (Å²) in [6.45, 7) is 12.2. The van der Waals surface area contributed by atoms with Crippen LogP contribution in [0.1, 0.15) is 109 Å². The summed E-state index contributed by atoms with van der Waals surface area (Å²) in [6.07, 6.45) is 18.1. The Kier molecular flexibility index (Phi) is 21.5. The quantitative estimate of drug-likeness (QED) is 0.0828. The van der Waals surface area contributed by atoms with E-state index in [0.29, 0.717) is 88.9 Å². The van der Waals surface area contributed by atoms with Gasteiger partial charge in [-0.25, -0.2) is 50.9 Å². The Bertz CT molecular complexity index is 5320. The van der Waals surface area contributed by atoms with Crippen molar-refractivity contribution in [2.24, 2.45) is 0 Å². The van der Waals surface area contributed by atoms with Gasteiger partial charge in [0.15, 0.2) is 0 Å². The maximum Gasteiger partial charge on any atom is 0.235 e. The van der Waals surface area contributed by atoms with E-state index in [0.717, 1.165) is 80.7 Å². The molecule has 2 spiro atoms. The predicted octanol–water partition coefficient (Wildman–Crippen LogP) is 10.4. The number of benzene rings is 6. The number of hydrogen-bond donors (Lipinski definition) is 6. The van der Waals surface area contributed by atoms with E-state index in [2.05, 4.69) is 110 Å². The molecule has 4 aromatic heterocycles. The Hall–Kier alpha value is -8.67. The second kappa shape index (κ2) is 30.3. The van der Waals surface area contributed by atoms with Crippen molar-refractivity contribution in [3.63, 3.8) is 0 Å². The summed E-state index contributed by atoms with van der Waals surface area (Å²) >= 11 is 0. The number of para-hydroxylation sites is 6. The predicted molar refractivity (Wildman–Crippen MR) is 415 cm³/mol. The third-order valence-electron chi connectivity index (χ3n) is 22.6. The molecule has 23 nitrogen and oxygen atoms in total. The van der Waals surface area contributed by atoms with Crippen molar-refractivity contribution in [2.45, 2.75) is 86.9 Å². The van der Waals surface area contributed by atoms with Crippen LogP contribution in [0.15, 0.2) is 170 Å². The number of nitrogens with zero attached hydrogens (tertiary/aromatic N) is 6. The van der Waals surface area contributed by atoms with E-state index in [4.69, 9.17) is 0 Å². The van der Waals surface area contributed by atoms with Gasteiger partial charge in [0, 0.05) is 208 Å². The first-order valence-corrected chi connectivity index (χ1v) is 43.3. The maximum absolute atomic E-state index is 12.3. The highest BCUT2D eigenvalue weighted by Crippen LogP contribution is 2.47. The Morgan fingerprint density at radius 2 is 0.733 bits per heavy atom. The van der Waals surface area contributed by atoms with Gasteiger partial charge in [-0.05, 0) is 108 Å². The highest BCUT2D eigenvalue weighted by atomic mass is 32.2. The number of piperidine rings is 2. The molecule has 0 aliphatic carbocycles. The molecule has 6 saturated heterocycles. The first-order chi connectivity index (χ1) is 50.1. The lowest BCUT2D eigenvalue weighted by molar-refractivity contribution is -0.133. The number of amides is 3. The Morgan fingerprint density at radius 3 is 1.16 bits per heavy atom. The molecule has 2 unspecified atom stereocenters. The number of likely N-dealkylation sites (tertiary alicyclic amines) is 2. The molecule has 8 aliphatic rings. The lowest BCUT2D eigenvalue weighted by Crippen LogP contribution is -2.47. The van der Waals surface area contributed by atoms with Crippen LogP contribution in [0.2, 0.25) is 0 Å². The number of anilines is 2. The molecule has 0 bridgehead atoms. The highest BCUT2D eigenvalue weighted by molar-refractivity contribution is 7.89. The molecule has 10 aromatic rings. The Morgan fingerprint density at radius 1 is 0.381 bits per heavy atom. The first kappa shape index (κ1) is 74.6. The van der Waals surface area contributed by atoms with Gasteiger partial charge >= 0.3 is 0 Å². The number of carbonyl (C=O) groups is 3. The van der Waals surface area contributed by atoms with Crippen molar-refractivity contribution in [3.05, 3.63) is 204 Å². The van der Waals surface area contributed by atoms with E-state index >= 15 is 0 Å². The molecule has 18 rings (SSSR count). The molecule has 27 heteroatoms. The number of hydrogen-bond acceptors (Lipinski definition) is 12. The molecule has 6 fully saturated rings. The van der Waals surface area contributed by atoms with E-state index in [1.165, 1.54) is 99.7 Å². The summed E-state index contributed by atoms with van der Waals surface area (Å²) in [5.74, 6) is 1.97. The summed E-state index contributed by atoms with van der Waals surface area (Å²) in [5.41, 5.74) is 13.8. The van der Waals surface area contributed by atoms with Crippen molar-refractivity contribution < 1.29 is 48.1 Å². The van der Waals surface area contributed by atoms with Crippen LogP contribution in [-0.2, 0) is 65.3 Å². The third kappa shape index (κ3) is 16.1. The molecule has 556 valence electrons. The van der Waals surface area contributed by atoms with Crippen LogP contribution in [0.4, 0.5) is 11.4 Å². The van der Waals surface area contributed by atoms with Gasteiger partial charge in [-0.15, -0.1) is 0 Å². The summed E-state index contributed by atoms with van der Waals surface area (Å²) in [5, 5.41) is 11.3. The van der Waals surface area contributed by atoms with Crippen LogP contribution in [0.3, 0.4) is 0 Å². The van der Waals surface area contributed by atoms with E-state index < -0.39 is 45.5 Å². The van der Waals surface area contributed by atoms with E-state index in [-0.39, 0.29) is 23.1 Å². The topological polar surface area (TPSA) is 294 Å². The molecular formula is C78H94N12O11S4. The molecule has 12 heterocycles. The summed E-state index contributed by atoms with van der Waals surface area (Å²) in [4.78, 5) is 51.6. The monoisotopic (exact) mass is 1500 g/mol. The molecule has 3 amide bonds. The van der Waals surface area contributed by atoms with Crippen LogP contribution in [0.5, 0.6) is 0 Å². The van der Waals surface area contributed by atoms with Gasteiger partial charge in [0.2, 0.25) is 57.8 Å². The number of aromatic amines is 4. The average molecular weight is 1500 g/mol. The third-order valence-corrected chi connectivity index (χ3v) is 27.7. The summed E-state index contributed by atoms with van der Waals surface area (Å²) in [6, 6.07) is 49.0. The second-order valence-corrected chi connectivity index (χ2v) is 37.1. The minimum Gasteiger partial charge on any atom is -0.384 e. The maximum atomic E-state index is 12.3. The SMILES string of the molecule is CC(=O)N1CC(c2c[nH]c3ccccc23)C1.CC(=O)N1CCC(c2c[nH]c3ccccc23)C1.CS(=O)(=O)N1CC(c2c[nH]c3ccccc23)C1.CS(=O)(=O)N1CCC(c2c[nH]c3ccccc23)C1.CS(=O)(=O)N1CCC2(CC1)C(=O)Nc1ccccc12.CS(=O)(=O)N1CCC2(CC1)CNc1ccccc12. The molecular weight excluding hydrogens is 1410 g/mol. The zero-order valence-corrected chi connectivity index (χ0v) is 63.5. The number of fused-ring (bicyclic) bond motifs is 8. The van der Waals surface area contributed by atoms with Crippen molar-refractivity contribution in [3.8, 4) is 0 Å². The van der Waals surface area contributed by atoms with E-state index in [1.807, 2.05) is 101 Å². The van der Waals surface area contributed by atoms with Crippen LogP contribution in [0.25, 0.3) is 43.6 Å². The summed E-state index contributed by atoms with van der Waals surface area (Å²) in [7, 11) is -12.3.